The van der Waals surface area contributed by atoms with Crippen molar-refractivity contribution in [1.82, 2.24) is 14.5 Å². The van der Waals surface area contributed by atoms with E-state index in [2.05, 4.69) is 4.98 Å². The van der Waals surface area contributed by atoms with Gasteiger partial charge in [-0.3, -0.25) is 9.36 Å². The zero-order valence-electron chi connectivity index (χ0n) is 17.3. The summed E-state index contributed by atoms with van der Waals surface area (Å²) in [5, 5.41) is 0. The molecule has 2 N–H and O–H groups in total. The summed E-state index contributed by atoms with van der Waals surface area (Å²) in [5.74, 6) is -0.484. The van der Waals surface area contributed by atoms with Crippen LogP contribution in [0.15, 0.2) is 48.5 Å². The fraction of sp³-hybridized carbons (Fsp3) is 0.217. The number of ketones is 1. The Morgan fingerprint density at radius 3 is 2.30 bits per heavy atom. The van der Waals surface area contributed by atoms with Crippen LogP contribution in [-0.2, 0) is 4.74 Å². The van der Waals surface area contributed by atoms with E-state index in [0.29, 0.717) is 33.4 Å². The van der Waals surface area contributed by atoms with Gasteiger partial charge in [0.2, 0.25) is 0 Å². The molecule has 0 saturated carbocycles. The summed E-state index contributed by atoms with van der Waals surface area (Å²) in [5.41, 5.74) is 9.15. The molecule has 0 spiro atoms. The van der Waals surface area contributed by atoms with Crippen LogP contribution in [0.2, 0.25) is 0 Å². The van der Waals surface area contributed by atoms with Crippen molar-refractivity contribution in [1.29, 1.82) is 0 Å². The molecule has 0 aliphatic carbocycles. The number of esters is 1. The van der Waals surface area contributed by atoms with Gasteiger partial charge in [-0.05, 0) is 52.0 Å². The number of hydrogen-bond donors (Lipinski definition) is 1. The second kappa shape index (κ2) is 6.95. The van der Waals surface area contributed by atoms with Crippen LogP contribution in [0.25, 0.3) is 27.9 Å². The van der Waals surface area contributed by atoms with Crippen LogP contribution in [0, 0.1) is 0 Å². The number of nitrogens with two attached hydrogens (primary N) is 1. The Morgan fingerprint density at radius 2 is 1.67 bits per heavy atom. The van der Waals surface area contributed by atoms with E-state index in [1.165, 1.54) is 6.92 Å². The molecule has 0 aliphatic heterocycles. The van der Waals surface area contributed by atoms with E-state index in [-0.39, 0.29) is 17.2 Å². The van der Waals surface area contributed by atoms with Crippen molar-refractivity contribution in [2.24, 2.45) is 0 Å². The summed E-state index contributed by atoms with van der Waals surface area (Å²) < 4.78 is 7.22. The Bertz CT molecular complexity index is 1320. The van der Waals surface area contributed by atoms with E-state index in [1.807, 2.05) is 24.3 Å². The first-order valence-corrected chi connectivity index (χ1v) is 9.57. The molecular formula is C23H22N4O3. The first kappa shape index (κ1) is 19.6. The lowest BCUT2D eigenvalue weighted by atomic mass is 10.1. The largest absolute Gasteiger partial charge is 0.456 e. The monoisotopic (exact) mass is 402 g/mol. The third-order valence-corrected chi connectivity index (χ3v) is 4.61. The van der Waals surface area contributed by atoms with Crippen LogP contribution >= 0.6 is 0 Å². The second-order valence-corrected chi connectivity index (χ2v) is 8.09. The molecule has 152 valence electrons. The third-order valence-electron chi connectivity index (χ3n) is 4.61. The summed E-state index contributed by atoms with van der Waals surface area (Å²) in [6.45, 7) is 6.86. The topological polar surface area (TPSA) is 100 Å². The Hall–Kier alpha value is -3.74. The first-order chi connectivity index (χ1) is 14.2. The molecule has 0 bridgehead atoms. The summed E-state index contributed by atoms with van der Waals surface area (Å²) in [6.07, 6.45) is 0. The van der Waals surface area contributed by atoms with Crippen LogP contribution in [0.1, 0.15) is 48.4 Å². The van der Waals surface area contributed by atoms with Gasteiger partial charge in [-0.25, -0.2) is 14.8 Å². The molecule has 2 aromatic heterocycles. The predicted molar refractivity (Wildman–Crippen MR) is 116 cm³/mol. The highest BCUT2D eigenvalue weighted by atomic mass is 16.6. The van der Waals surface area contributed by atoms with Gasteiger partial charge < -0.3 is 10.5 Å². The fourth-order valence-electron chi connectivity index (χ4n) is 3.32. The number of carbonyl (C=O) groups is 2. The van der Waals surface area contributed by atoms with E-state index < -0.39 is 11.6 Å². The number of Topliss-reactive ketones (excluding diaryl/α,β-unsaturated/α-hetero) is 1. The van der Waals surface area contributed by atoms with Gasteiger partial charge in [0.1, 0.15) is 22.5 Å². The lowest BCUT2D eigenvalue weighted by molar-refractivity contribution is 0.00727. The molecule has 0 saturated heterocycles. The SMILES string of the molecule is CC(=O)c1cccc(-n2c(N)c(C(=O)OC(C)(C)C)c3nc4ccccc4nc32)c1. The zero-order valence-corrected chi connectivity index (χ0v) is 17.3. The average Bonchev–Trinajstić information content (AvgIpc) is 2.95. The van der Waals surface area contributed by atoms with Crippen molar-refractivity contribution in [3.63, 3.8) is 0 Å². The minimum atomic E-state index is -0.698. The zero-order chi connectivity index (χ0) is 21.6. The van der Waals surface area contributed by atoms with Crippen molar-refractivity contribution in [2.75, 3.05) is 5.73 Å². The third kappa shape index (κ3) is 3.39. The van der Waals surface area contributed by atoms with Crippen molar-refractivity contribution < 1.29 is 14.3 Å². The molecule has 0 aliphatic rings. The number of aromatic nitrogens is 3. The smallest absolute Gasteiger partial charge is 0.344 e. The molecule has 2 aromatic carbocycles. The molecule has 7 heteroatoms. The molecule has 2 heterocycles. The number of ether oxygens (including phenoxy) is 1. The minimum Gasteiger partial charge on any atom is -0.456 e. The minimum absolute atomic E-state index is 0.0733. The van der Waals surface area contributed by atoms with Crippen LogP contribution in [0.3, 0.4) is 0 Å². The van der Waals surface area contributed by atoms with Crippen molar-refractivity contribution in [3.8, 4) is 5.69 Å². The van der Waals surface area contributed by atoms with Gasteiger partial charge in [-0.1, -0.05) is 24.3 Å². The normalized spacial score (nSPS) is 11.7. The molecule has 4 rings (SSSR count). The standard InChI is InChI=1S/C23H22N4O3/c1-13(28)14-8-7-9-15(12-14)27-20(24)18(22(29)30-23(2,3)4)19-21(27)26-17-11-6-5-10-16(17)25-19/h5-12H,24H2,1-4H3. The highest BCUT2D eigenvalue weighted by Gasteiger charge is 2.28. The maximum absolute atomic E-state index is 13.0. The van der Waals surface area contributed by atoms with Crippen LogP contribution in [0.5, 0.6) is 0 Å². The van der Waals surface area contributed by atoms with Gasteiger partial charge >= 0.3 is 5.97 Å². The fourth-order valence-corrected chi connectivity index (χ4v) is 3.32. The molecule has 4 aromatic rings. The molecule has 0 fully saturated rings. The quantitative estimate of drug-likeness (QED) is 0.405. The highest BCUT2D eigenvalue weighted by molar-refractivity contribution is 6.09. The van der Waals surface area contributed by atoms with E-state index in [0.717, 1.165) is 0 Å². The molecule has 0 radical (unpaired) electrons. The van der Waals surface area contributed by atoms with Gasteiger partial charge in [0, 0.05) is 11.3 Å². The van der Waals surface area contributed by atoms with E-state index >= 15 is 0 Å². The van der Waals surface area contributed by atoms with Gasteiger partial charge in [-0.15, -0.1) is 0 Å². The number of rotatable bonds is 3. The first-order valence-electron chi connectivity index (χ1n) is 9.57. The Labute approximate surface area is 173 Å². The molecular weight excluding hydrogens is 380 g/mol. The average molecular weight is 402 g/mol. The van der Waals surface area contributed by atoms with E-state index in [4.69, 9.17) is 15.5 Å². The lowest BCUT2D eigenvalue weighted by Crippen LogP contribution is -2.24. The Balaban J connectivity index is 2.06. The molecule has 0 atom stereocenters. The number of nitrogen functional groups attached to an aromatic ring is 1. The number of fused-ring (bicyclic) bond motifs is 2. The Morgan fingerprint density at radius 1 is 1.00 bits per heavy atom. The number of anilines is 1. The predicted octanol–water partition coefficient (Wildman–Crippen LogP) is 4.31. The van der Waals surface area contributed by atoms with Crippen LogP contribution < -0.4 is 5.73 Å². The lowest BCUT2D eigenvalue weighted by Gasteiger charge is -2.19. The number of benzene rings is 2. The molecule has 0 unspecified atom stereocenters. The summed E-state index contributed by atoms with van der Waals surface area (Å²) in [4.78, 5) is 34.3. The van der Waals surface area contributed by atoms with Gasteiger partial charge in [-0.2, -0.15) is 0 Å². The maximum atomic E-state index is 13.0. The van der Waals surface area contributed by atoms with Crippen molar-refractivity contribution in [2.45, 2.75) is 33.3 Å². The van der Waals surface area contributed by atoms with Gasteiger partial charge in [0.25, 0.3) is 0 Å². The van der Waals surface area contributed by atoms with Crippen LogP contribution in [-0.4, -0.2) is 31.9 Å². The number of hydrogen-bond acceptors (Lipinski definition) is 6. The maximum Gasteiger partial charge on any atom is 0.344 e. The molecule has 0 amide bonds. The van der Waals surface area contributed by atoms with Gasteiger partial charge in [0.15, 0.2) is 11.4 Å². The highest BCUT2D eigenvalue weighted by Crippen LogP contribution is 2.32. The second-order valence-electron chi connectivity index (χ2n) is 8.09. The number of para-hydroxylation sites is 2. The summed E-state index contributed by atoms with van der Waals surface area (Å²) in [6, 6.07) is 14.4. The van der Waals surface area contributed by atoms with Gasteiger partial charge in [0.05, 0.1) is 11.0 Å². The van der Waals surface area contributed by atoms with Crippen molar-refractivity contribution >= 4 is 39.8 Å². The summed E-state index contributed by atoms with van der Waals surface area (Å²) >= 11 is 0. The number of carbonyl (C=O) groups excluding carboxylic acids is 2. The van der Waals surface area contributed by atoms with Crippen molar-refractivity contribution in [3.05, 3.63) is 59.7 Å². The Kier molecular flexibility index (Phi) is 4.53. The summed E-state index contributed by atoms with van der Waals surface area (Å²) in [7, 11) is 0. The van der Waals surface area contributed by atoms with Crippen LogP contribution in [0.4, 0.5) is 5.82 Å². The number of nitrogens with zero attached hydrogens (tertiary/aromatic N) is 3. The van der Waals surface area contributed by atoms with E-state index in [9.17, 15) is 9.59 Å². The molecule has 7 nitrogen and oxygen atoms in total. The molecule has 30 heavy (non-hydrogen) atoms. The van der Waals surface area contributed by atoms with E-state index in [1.54, 1.807) is 49.6 Å².